The summed E-state index contributed by atoms with van der Waals surface area (Å²) in [4.78, 5) is 14.4. The molecular weight excluding hydrogens is 298 g/mol. The van der Waals surface area contributed by atoms with Gasteiger partial charge in [0.05, 0.1) is 22.8 Å². The van der Waals surface area contributed by atoms with Gasteiger partial charge in [-0.3, -0.25) is 10.1 Å². The van der Waals surface area contributed by atoms with Crippen LogP contribution >= 0.6 is 0 Å². The third kappa shape index (κ3) is 5.92. The van der Waals surface area contributed by atoms with Gasteiger partial charge in [0.15, 0.2) is 0 Å². The number of sulfonamides is 1. The Morgan fingerprint density at radius 2 is 1.81 bits per heavy atom. The summed E-state index contributed by atoms with van der Waals surface area (Å²) in [6.07, 6.45) is 0. The molecule has 0 atom stereocenters. The molecule has 0 aliphatic rings. The zero-order valence-electron chi connectivity index (χ0n) is 11.9. The summed E-state index contributed by atoms with van der Waals surface area (Å²) in [6.45, 7) is 4.53. The fourth-order valence-electron chi connectivity index (χ4n) is 1.59. The predicted octanol–water partition coefficient (Wildman–Crippen LogP) is 0.773. The van der Waals surface area contributed by atoms with E-state index >= 15 is 0 Å². The lowest BCUT2D eigenvalue weighted by Gasteiger charge is -2.09. The van der Waals surface area contributed by atoms with Crippen molar-refractivity contribution in [3.8, 4) is 0 Å². The van der Waals surface area contributed by atoms with Crippen molar-refractivity contribution in [1.82, 2.24) is 9.71 Å². The Balaban J connectivity index is 2.76. The summed E-state index contributed by atoms with van der Waals surface area (Å²) in [5.74, 6) is 0.484. The molecule has 0 amide bonds. The minimum atomic E-state index is -3.34. The zero-order chi connectivity index (χ0) is 15.9. The molecule has 0 aliphatic heterocycles. The highest BCUT2D eigenvalue weighted by Crippen LogP contribution is 2.20. The summed E-state index contributed by atoms with van der Waals surface area (Å²) in [7, 11) is -3.34. The second-order valence-electron chi connectivity index (χ2n) is 4.13. The van der Waals surface area contributed by atoms with Crippen molar-refractivity contribution in [2.45, 2.75) is 13.8 Å². The molecule has 3 N–H and O–H groups in total. The Bertz CT molecular complexity index is 590. The Hall–Kier alpha value is -1.94. The third-order valence-corrected chi connectivity index (χ3v) is 3.89. The maximum atomic E-state index is 11.5. The van der Waals surface area contributed by atoms with Gasteiger partial charge in [-0.05, 0) is 6.92 Å². The van der Waals surface area contributed by atoms with E-state index in [1.165, 1.54) is 12.1 Å². The van der Waals surface area contributed by atoms with Gasteiger partial charge in [0, 0.05) is 19.6 Å². The molecule has 0 fully saturated rings. The third-order valence-electron chi connectivity index (χ3n) is 2.42. The Labute approximate surface area is 123 Å². The molecule has 0 bridgehead atoms. The number of anilines is 2. The van der Waals surface area contributed by atoms with Gasteiger partial charge in [0.1, 0.15) is 11.6 Å². The Morgan fingerprint density at radius 1 is 1.19 bits per heavy atom. The second-order valence-corrected chi connectivity index (χ2v) is 6.05. The van der Waals surface area contributed by atoms with Crippen LogP contribution in [-0.4, -0.2) is 43.7 Å². The summed E-state index contributed by atoms with van der Waals surface area (Å²) >= 11 is 0. The van der Waals surface area contributed by atoms with Gasteiger partial charge in [-0.1, -0.05) is 6.92 Å². The first-order valence-electron chi connectivity index (χ1n) is 6.49. The van der Waals surface area contributed by atoms with Crippen LogP contribution in [0.3, 0.4) is 0 Å². The number of nitro groups is 1. The van der Waals surface area contributed by atoms with Crippen LogP contribution < -0.4 is 15.4 Å². The highest BCUT2D eigenvalue weighted by atomic mass is 32.2. The normalized spacial score (nSPS) is 11.1. The van der Waals surface area contributed by atoms with E-state index in [1.807, 2.05) is 6.92 Å². The molecule has 0 radical (unpaired) electrons. The van der Waals surface area contributed by atoms with Crippen molar-refractivity contribution < 1.29 is 13.3 Å². The first kappa shape index (κ1) is 17.1. The maximum absolute atomic E-state index is 11.5. The second kappa shape index (κ2) is 7.74. The average molecular weight is 317 g/mol. The van der Waals surface area contributed by atoms with Crippen LogP contribution in [0.15, 0.2) is 12.1 Å². The van der Waals surface area contributed by atoms with Crippen molar-refractivity contribution in [3.63, 3.8) is 0 Å². The van der Waals surface area contributed by atoms with E-state index in [-0.39, 0.29) is 23.8 Å². The maximum Gasteiger partial charge on any atom is 0.276 e. The van der Waals surface area contributed by atoms with Gasteiger partial charge in [-0.25, -0.2) is 18.1 Å². The monoisotopic (exact) mass is 317 g/mol. The van der Waals surface area contributed by atoms with E-state index in [2.05, 4.69) is 20.3 Å². The number of rotatable bonds is 9. The number of hydrogen-bond acceptors (Lipinski definition) is 7. The van der Waals surface area contributed by atoms with E-state index in [4.69, 9.17) is 0 Å². The Kier molecular flexibility index (Phi) is 6.31. The largest absolute Gasteiger partial charge is 0.370 e. The lowest BCUT2D eigenvalue weighted by atomic mass is 10.3. The molecule has 0 spiro atoms. The summed E-state index contributed by atoms with van der Waals surface area (Å²) < 4.78 is 25.3. The molecule has 0 saturated heterocycles. The zero-order valence-corrected chi connectivity index (χ0v) is 12.7. The van der Waals surface area contributed by atoms with Crippen LogP contribution in [0.4, 0.5) is 17.3 Å². The number of pyridine rings is 1. The number of nitrogens with one attached hydrogen (secondary N) is 3. The number of hydrogen-bond donors (Lipinski definition) is 3. The molecule has 10 heteroatoms. The molecule has 1 rings (SSSR count). The summed E-state index contributed by atoms with van der Waals surface area (Å²) in [5.41, 5.74) is -0.113. The SMILES string of the molecule is CCNc1cc([N+](=O)[O-])cc(NCCS(=O)(=O)NCC)n1. The quantitative estimate of drug-likeness (QED) is 0.453. The van der Waals surface area contributed by atoms with Crippen LogP contribution in [0.2, 0.25) is 0 Å². The van der Waals surface area contributed by atoms with Crippen LogP contribution in [0, 0.1) is 10.1 Å². The van der Waals surface area contributed by atoms with Crippen molar-refractivity contribution in [3.05, 3.63) is 22.2 Å². The predicted molar refractivity (Wildman–Crippen MR) is 81.0 cm³/mol. The van der Waals surface area contributed by atoms with Gasteiger partial charge in [0.2, 0.25) is 10.0 Å². The van der Waals surface area contributed by atoms with Crippen molar-refractivity contribution in [2.75, 3.05) is 36.0 Å². The number of nitrogens with zero attached hydrogens (tertiary/aromatic N) is 2. The molecule has 1 aromatic rings. The van der Waals surface area contributed by atoms with E-state index in [0.717, 1.165) is 0 Å². The smallest absolute Gasteiger partial charge is 0.276 e. The first-order valence-corrected chi connectivity index (χ1v) is 8.14. The highest BCUT2D eigenvalue weighted by molar-refractivity contribution is 7.89. The van der Waals surface area contributed by atoms with Gasteiger partial charge >= 0.3 is 0 Å². The van der Waals surface area contributed by atoms with Gasteiger partial charge in [0.25, 0.3) is 5.69 Å². The number of aromatic nitrogens is 1. The summed E-state index contributed by atoms with van der Waals surface area (Å²) in [5, 5.41) is 16.5. The van der Waals surface area contributed by atoms with Gasteiger partial charge in [-0.2, -0.15) is 0 Å². The molecule has 0 aromatic carbocycles. The molecule has 9 nitrogen and oxygen atoms in total. The molecule has 0 unspecified atom stereocenters. The molecule has 1 aromatic heterocycles. The van der Waals surface area contributed by atoms with Crippen LogP contribution in [0.5, 0.6) is 0 Å². The lowest BCUT2D eigenvalue weighted by Crippen LogP contribution is -2.29. The average Bonchev–Trinajstić information content (AvgIpc) is 2.38. The summed E-state index contributed by atoms with van der Waals surface area (Å²) in [6, 6.07) is 2.59. The lowest BCUT2D eigenvalue weighted by molar-refractivity contribution is -0.384. The first-order chi connectivity index (χ1) is 9.88. The van der Waals surface area contributed by atoms with E-state index in [0.29, 0.717) is 18.9 Å². The fourth-order valence-corrected chi connectivity index (χ4v) is 2.54. The molecule has 21 heavy (non-hydrogen) atoms. The van der Waals surface area contributed by atoms with Gasteiger partial charge < -0.3 is 10.6 Å². The molecule has 1 heterocycles. The molecule has 0 saturated carbocycles. The minimum Gasteiger partial charge on any atom is -0.370 e. The van der Waals surface area contributed by atoms with E-state index in [9.17, 15) is 18.5 Å². The van der Waals surface area contributed by atoms with Crippen LogP contribution in [-0.2, 0) is 10.0 Å². The standard InChI is InChI=1S/C11H19N5O4S/c1-3-12-10-7-9(16(17)18)8-11(15-10)13-5-6-21(19,20)14-4-2/h7-8,14H,3-6H2,1-2H3,(H2,12,13,15). The fraction of sp³-hybridized carbons (Fsp3) is 0.545. The van der Waals surface area contributed by atoms with Crippen LogP contribution in [0.1, 0.15) is 13.8 Å². The van der Waals surface area contributed by atoms with Crippen LogP contribution in [0.25, 0.3) is 0 Å². The van der Waals surface area contributed by atoms with E-state index < -0.39 is 14.9 Å². The highest BCUT2D eigenvalue weighted by Gasteiger charge is 2.12. The van der Waals surface area contributed by atoms with E-state index in [1.54, 1.807) is 6.92 Å². The van der Waals surface area contributed by atoms with Crippen molar-refractivity contribution >= 4 is 27.3 Å². The Morgan fingerprint density at radius 3 is 2.33 bits per heavy atom. The molecular formula is C11H19N5O4S. The minimum absolute atomic E-state index is 0.106. The topological polar surface area (TPSA) is 126 Å². The molecule has 118 valence electrons. The molecule has 0 aliphatic carbocycles. The van der Waals surface area contributed by atoms with Crippen molar-refractivity contribution in [1.29, 1.82) is 0 Å². The van der Waals surface area contributed by atoms with Gasteiger partial charge in [-0.15, -0.1) is 0 Å². The van der Waals surface area contributed by atoms with Crippen molar-refractivity contribution in [2.24, 2.45) is 0 Å².